The molecule has 0 aliphatic heterocycles. The minimum Gasteiger partial charge on any atom is -0.389 e. The Morgan fingerprint density at radius 2 is 1.95 bits per heavy atom. The number of hydrogen-bond acceptors (Lipinski definition) is 2. The monoisotopic (exact) mass is 410 g/mol. The molecule has 0 heterocycles. The molecule has 2 N–H and O–H groups in total. The maximum Gasteiger partial charge on any atom is 0.254 e. The molecule has 0 aliphatic carbocycles. The molecule has 0 atom stereocenters. The van der Waals surface area contributed by atoms with Gasteiger partial charge in [0.2, 0.25) is 0 Å². The fraction of sp³-hybridized carbons (Fsp3) is 0.125. The molecule has 5 heteroatoms. The predicted molar refractivity (Wildman–Crippen MR) is 97.3 cm³/mol. The summed E-state index contributed by atoms with van der Waals surface area (Å²) in [7, 11) is 1.79. The first-order valence-corrected chi connectivity index (χ1v) is 7.86. The molecule has 0 aliphatic rings. The number of hydrogen-bond donors (Lipinski definition) is 1. The van der Waals surface area contributed by atoms with Gasteiger partial charge in [0.1, 0.15) is 4.99 Å². The molecule has 0 unspecified atom stereocenters. The van der Waals surface area contributed by atoms with Gasteiger partial charge >= 0.3 is 0 Å². The second-order valence-electron chi connectivity index (χ2n) is 4.71. The van der Waals surface area contributed by atoms with E-state index in [0.29, 0.717) is 17.1 Å². The quantitative estimate of drug-likeness (QED) is 0.622. The van der Waals surface area contributed by atoms with Crippen molar-refractivity contribution in [2.45, 2.75) is 6.54 Å². The summed E-state index contributed by atoms with van der Waals surface area (Å²) in [6.45, 7) is 0.514. The van der Waals surface area contributed by atoms with E-state index in [9.17, 15) is 4.79 Å². The third kappa shape index (κ3) is 4.01. The average Bonchev–Trinajstić information content (AvgIpc) is 2.47. The van der Waals surface area contributed by atoms with Crippen molar-refractivity contribution >= 4 is 45.7 Å². The Labute approximate surface area is 143 Å². The summed E-state index contributed by atoms with van der Waals surface area (Å²) in [4.78, 5) is 14.5. The van der Waals surface area contributed by atoms with E-state index in [1.807, 2.05) is 48.5 Å². The van der Waals surface area contributed by atoms with E-state index in [1.54, 1.807) is 11.9 Å². The third-order valence-electron chi connectivity index (χ3n) is 3.08. The van der Waals surface area contributed by atoms with Crippen molar-refractivity contribution in [2.75, 3.05) is 7.05 Å². The highest BCUT2D eigenvalue weighted by molar-refractivity contribution is 14.1. The van der Waals surface area contributed by atoms with E-state index in [0.717, 1.165) is 14.7 Å². The molecule has 0 saturated heterocycles. The highest BCUT2D eigenvalue weighted by Gasteiger charge is 2.14. The Balaban J connectivity index is 2.16. The van der Waals surface area contributed by atoms with E-state index in [1.165, 1.54) is 0 Å². The van der Waals surface area contributed by atoms with Crippen molar-refractivity contribution in [3.05, 3.63) is 68.8 Å². The molecule has 0 fully saturated rings. The van der Waals surface area contributed by atoms with Crippen molar-refractivity contribution in [2.24, 2.45) is 5.73 Å². The van der Waals surface area contributed by atoms with Crippen LogP contribution in [0.3, 0.4) is 0 Å². The van der Waals surface area contributed by atoms with Crippen molar-refractivity contribution in [1.82, 2.24) is 4.90 Å². The van der Waals surface area contributed by atoms with Crippen LogP contribution in [-0.2, 0) is 6.54 Å². The zero-order valence-corrected chi connectivity index (χ0v) is 14.5. The Morgan fingerprint density at radius 3 is 2.62 bits per heavy atom. The third-order valence-corrected chi connectivity index (χ3v) is 4.26. The van der Waals surface area contributed by atoms with E-state index in [4.69, 9.17) is 18.0 Å². The van der Waals surface area contributed by atoms with Gasteiger partial charge in [-0.3, -0.25) is 4.79 Å². The Kier molecular flexibility index (Phi) is 5.30. The first-order chi connectivity index (χ1) is 9.99. The Morgan fingerprint density at radius 1 is 1.24 bits per heavy atom. The fourth-order valence-electron chi connectivity index (χ4n) is 2.01. The van der Waals surface area contributed by atoms with Gasteiger partial charge in [-0.25, -0.2) is 0 Å². The SMILES string of the molecule is CN(Cc1cccc(C(N)=S)c1)C(=O)c1ccccc1I. The van der Waals surface area contributed by atoms with Crippen molar-refractivity contribution in [3.8, 4) is 0 Å². The van der Waals surface area contributed by atoms with Crippen LogP contribution >= 0.6 is 34.8 Å². The number of halogens is 1. The molecule has 21 heavy (non-hydrogen) atoms. The van der Waals surface area contributed by atoms with E-state index >= 15 is 0 Å². The molecular formula is C16H15IN2OS. The summed E-state index contributed by atoms with van der Waals surface area (Å²) in [6.07, 6.45) is 0. The Hall–Kier alpha value is -1.47. The van der Waals surface area contributed by atoms with Crippen molar-refractivity contribution in [1.29, 1.82) is 0 Å². The van der Waals surface area contributed by atoms with E-state index in [-0.39, 0.29) is 5.91 Å². The number of amides is 1. The second kappa shape index (κ2) is 7.00. The van der Waals surface area contributed by atoms with Crippen molar-refractivity contribution < 1.29 is 4.79 Å². The highest BCUT2D eigenvalue weighted by atomic mass is 127. The predicted octanol–water partition coefficient (Wildman–Crippen LogP) is 3.20. The molecule has 0 bridgehead atoms. The number of thiocarbonyl (C=S) groups is 1. The van der Waals surface area contributed by atoms with Gasteiger partial charge in [0, 0.05) is 22.7 Å². The summed E-state index contributed by atoms with van der Waals surface area (Å²) in [5, 5.41) is 0. The molecule has 2 aromatic carbocycles. The lowest BCUT2D eigenvalue weighted by Gasteiger charge is -2.18. The summed E-state index contributed by atoms with van der Waals surface area (Å²) in [5.41, 5.74) is 8.17. The molecule has 0 saturated carbocycles. The van der Waals surface area contributed by atoms with Gasteiger partial charge in [-0.05, 0) is 46.4 Å². The number of rotatable bonds is 4. The van der Waals surface area contributed by atoms with E-state index in [2.05, 4.69) is 22.6 Å². The molecular weight excluding hydrogens is 395 g/mol. The number of nitrogens with two attached hydrogens (primary N) is 1. The zero-order valence-electron chi connectivity index (χ0n) is 11.5. The normalized spacial score (nSPS) is 10.2. The zero-order chi connectivity index (χ0) is 15.4. The molecule has 0 aromatic heterocycles. The standard InChI is InChI=1S/C16H15IN2OS/c1-19(16(20)13-7-2-3-8-14(13)17)10-11-5-4-6-12(9-11)15(18)21/h2-9H,10H2,1H3,(H2,18,21). The smallest absolute Gasteiger partial charge is 0.254 e. The molecule has 3 nitrogen and oxygen atoms in total. The number of benzene rings is 2. The van der Waals surface area contributed by atoms with Gasteiger partial charge in [0.05, 0.1) is 5.56 Å². The first kappa shape index (κ1) is 15.9. The molecule has 2 rings (SSSR count). The summed E-state index contributed by atoms with van der Waals surface area (Å²) in [5.74, 6) is 0.000674. The van der Waals surface area contributed by atoms with Gasteiger partial charge in [-0.2, -0.15) is 0 Å². The highest BCUT2D eigenvalue weighted by Crippen LogP contribution is 2.15. The lowest BCUT2D eigenvalue weighted by Crippen LogP contribution is -2.27. The maximum absolute atomic E-state index is 12.5. The number of carbonyl (C=O) groups excluding carboxylic acids is 1. The van der Waals surface area contributed by atoms with Gasteiger partial charge in [0.15, 0.2) is 0 Å². The maximum atomic E-state index is 12.5. The van der Waals surface area contributed by atoms with E-state index < -0.39 is 0 Å². The molecule has 1 amide bonds. The molecule has 108 valence electrons. The molecule has 0 spiro atoms. The fourth-order valence-corrected chi connectivity index (χ4v) is 2.75. The van der Waals surface area contributed by atoms with Crippen LogP contribution in [0.5, 0.6) is 0 Å². The summed E-state index contributed by atoms with van der Waals surface area (Å²) >= 11 is 7.15. The molecule has 2 aromatic rings. The average molecular weight is 410 g/mol. The van der Waals surface area contributed by atoms with Crippen LogP contribution in [0.1, 0.15) is 21.5 Å². The Bertz CT molecular complexity index is 687. The topological polar surface area (TPSA) is 46.3 Å². The lowest BCUT2D eigenvalue weighted by molar-refractivity contribution is 0.0784. The van der Waals surface area contributed by atoms with Crippen LogP contribution in [0.15, 0.2) is 48.5 Å². The van der Waals surface area contributed by atoms with Crippen LogP contribution in [0.25, 0.3) is 0 Å². The van der Waals surface area contributed by atoms with Crippen LogP contribution in [0.2, 0.25) is 0 Å². The molecule has 0 radical (unpaired) electrons. The van der Waals surface area contributed by atoms with Crippen LogP contribution in [0.4, 0.5) is 0 Å². The van der Waals surface area contributed by atoms with Crippen LogP contribution < -0.4 is 5.73 Å². The minimum atomic E-state index is 0.000674. The van der Waals surface area contributed by atoms with Gasteiger partial charge < -0.3 is 10.6 Å². The summed E-state index contributed by atoms with van der Waals surface area (Å²) < 4.78 is 0.948. The lowest BCUT2D eigenvalue weighted by atomic mass is 10.1. The van der Waals surface area contributed by atoms with Crippen molar-refractivity contribution in [3.63, 3.8) is 0 Å². The van der Waals surface area contributed by atoms with Crippen LogP contribution in [0, 0.1) is 3.57 Å². The van der Waals surface area contributed by atoms with Crippen LogP contribution in [-0.4, -0.2) is 22.8 Å². The summed E-state index contributed by atoms with van der Waals surface area (Å²) in [6, 6.07) is 15.2. The first-order valence-electron chi connectivity index (χ1n) is 6.38. The van der Waals surface area contributed by atoms with Gasteiger partial charge in [-0.15, -0.1) is 0 Å². The van der Waals surface area contributed by atoms with Gasteiger partial charge in [-0.1, -0.05) is 42.5 Å². The largest absolute Gasteiger partial charge is 0.389 e. The minimum absolute atomic E-state index is 0.000674. The number of nitrogens with zero attached hydrogens (tertiary/aromatic N) is 1. The second-order valence-corrected chi connectivity index (χ2v) is 6.31. The number of carbonyl (C=O) groups is 1. The van der Waals surface area contributed by atoms with Gasteiger partial charge in [0.25, 0.3) is 5.91 Å².